The number of aromatic nitrogens is 4. The number of fused-ring (bicyclic) bond motifs is 9. The Morgan fingerprint density at radius 2 is 1.22 bits per heavy atom. The minimum Gasteiger partial charge on any atom is -0.460 e. The van der Waals surface area contributed by atoms with Gasteiger partial charge in [0.15, 0.2) is 11.6 Å². The molecule has 274 valence electrons. The molecule has 5 nitrogen and oxygen atoms in total. The lowest BCUT2D eigenvalue weighted by Gasteiger charge is -2.18. The van der Waals surface area contributed by atoms with Crippen LogP contribution in [0.5, 0.6) is 0 Å². The molecular formula is C52H34N4OS. The highest BCUT2D eigenvalue weighted by Crippen LogP contribution is 2.44. The van der Waals surface area contributed by atoms with Crippen molar-refractivity contribution in [2.75, 3.05) is 0 Å². The number of pyridine rings is 1. The quantitative estimate of drug-likeness (QED) is 0.175. The molecule has 0 saturated heterocycles. The maximum atomic E-state index is 6.49. The van der Waals surface area contributed by atoms with Crippen molar-refractivity contribution >= 4 is 75.8 Å². The number of hydrogen-bond acceptors (Lipinski definition) is 6. The molecule has 0 bridgehead atoms. The molecule has 2 aliphatic rings. The second-order valence-electron chi connectivity index (χ2n) is 15.1. The van der Waals surface area contributed by atoms with E-state index >= 15 is 0 Å². The fourth-order valence-electron chi connectivity index (χ4n) is 8.95. The van der Waals surface area contributed by atoms with E-state index in [9.17, 15) is 0 Å². The van der Waals surface area contributed by atoms with Gasteiger partial charge in [0.2, 0.25) is 0 Å². The monoisotopic (exact) mass is 762 g/mol. The first-order valence-electron chi connectivity index (χ1n) is 19.9. The molecule has 1 atom stereocenters. The Bertz CT molecular complexity index is 3390. The number of rotatable bonds is 5. The van der Waals surface area contributed by atoms with Crippen molar-refractivity contribution in [3.05, 3.63) is 181 Å². The van der Waals surface area contributed by atoms with Crippen LogP contribution in [0.3, 0.4) is 0 Å². The number of para-hydroxylation sites is 1. The Balaban J connectivity index is 0.958. The summed E-state index contributed by atoms with van der Waals surface area (Å²) in [7, 11) is 0. The highest BCUT2D eigenvalue weighted by molar-refractivity contribution is 7.25. The standard InChI is InChI=1S/C52H34N4OS/c1-2-13-32(14-3-1)49-54-50(56-51(55-49)43-22-12-21-41-37-17-8-10-23-44(37)57-48(41)43)33-27-25-31(26-28-33)34-29-30-40(36-16-5-4-15-35(34)36)47-39-19-7-6-18-38(39)46-42-20-9-11-24-45(42)58-52(46)53-47/h2,4-21,23-30,43H,1,3,22H2. The molecule has 2 aliphatic carbocycles. The third-order valence-corrected chi connectivity index (χ3v) is 12.8. The summed E-state index contributed by atoms with van der Waals surface area (Å²) in [6.07, 6.45) is 13.7. The zero-order valence-electron chi connectivity index (χ0n) is 31.4. The van der Waals surface area contributed by atoms with Crippen molar-refractivity contribution in [3.63, 3.8) is 0 Å². The lowest BCUT2D eigenvalue weighted by Crippen LogP contribution is -2.12. The number of benzene rings is 6. The first kappa shape index (κ1) is 33.2. The molecule has 6 heteroatoms. The zero-order chi connectivity index (χ0) is 38.2. The Hall–Kier alpha value is -7.02. The van der Waals surface area contributed by atoms with Crippen molar-refractivity contribution in [1.82, 2.24) is 19.9 Å². The van der Waals surface area contributed by atoms with Crippen molar-refractivity contribution in [2.45, 2.75) is 25.2 Å². The molecule has 0 saturated carbocycles. The molecule has 0 fully saturated rings. The van der Waals surface area contributed by atoms with Crippen molar-refractivity contribution in [2.24, 2.45) is 0 Å². The molecule has 0 aliphatic heterocycles. The van der Waals surface area contributed by atoms with Gasteiger partial charge in [-0.15, -0.1) is 11.3 Å². The van der Waals surface area contributed by atoms with Crippen LogP contribution >= 0.6 is 11.3 Å². The predicted molar refractivity (Wildman–Crippen MR) is 240 cm³/mol. The molecule has 0 amide bonds. The summed E-state index contributed by atoms with van der Waals surface area (Å²) in [5, 5.41) is 8.38. The number of allylic oxidation sites excluding steroid dienone is 5. The highest BCUT2D eigenvalue weighted by atomic mass is 32.1. The van der Waals surface area contributed by atoms with E-state index < -0.39 is 0 Å². The Morgan fingerprint density at radius 1 is 0.534 bits per heavy atom. The SMILES string of the molecule is C1=CC(c2nc(-c3ccc(-c4ccc(-c5nc6sc7ccccc7c6c6ccccc56)c5ccccc45)cc3)nc(C3CC=Cc4c3oc3ccccc43)n2)=CCC1. The van der Waals surface area contributed by atoms with Gasteiger partial charge < -0.3 is 4.42 Å². The highest BCUT2D eigenvalue weighted by Gasteiger charge is 2.29. The van der Waals surface area contributed by atoms with Gasteiger partial charge in [-0.3, -0.25) is 0 Å². The molecule has 12 rings (SSSR count). The van der Waals surface area contributed by atoms with Crippen LogP contribution in [0.4, 0.5) is 0 Å². The molecule has 10 aromatic rings. The molecule has 6 aromatic carbocycles. The molecule has 0 N–H and O–H groups in total. The van der Waals surface area contributed by atoms with Crippen LogP contribution in [0.15, 0.2) is 162 Å². The lowest BCUT2D eigenvalue weighted by molar-refractivity contribution is 0.505. The van der Waals surface area contributed by atoms with E-state index in [1.807, 2.05) is 12.1 Å². The summed E-state index contributed by atoms with van der Waals surface area (Å²) in [6, 6.07) is 47.4. The van der Waals surface area contributed by atoms with Crippen molar-refractivity contribution < 1.29 is 4.42 Å². The number of nitrogens with zero attached hydrogens (tertiary/aromatic N) is 4. The molecule has 1 unspecified atom stereocenters. The summed E-state index contributed by atoms with van der Waals surface area (Å²) in [4.78, 5) is 21.8. The van der Waals surface area contributed by atoms with E-state index in [0.29, 0.717) is 11.6 Å². The van der Waals surface area contributed by atoms with Crippen LogP contribution < -0.4 is 0 Å². The number of thiophene rings is 1. The third-order valence-electron chi connectivity index (χ3n) is 11.7. The number of hydrogen-bond donors (Lipinski definition) is 0. The van der Waals surface area contributed by atoms with E-state index in [1.54, 1.807) is 11.3 Å². The summed E-state index contributed by atoms with van der Waals surface area (Å²) in [5.41, 5.74) is 8.41. The van der Waals surface area contributed by atoms with Gasteiger partial charge in [-0.25, -0.2) is 19.9 Å². The molecule has 0 spiro atoms. The molecule has 4 aromatic heterocycles. The third kappa shape index (κ3) is 5.29. The van der Waals surface area contributed by atoms with Crippen molar-refractivity contribution in [3.8, 4) is 33.8 Å². The maximum absolute atomic E-state index is 6.49. The van der Waals surface area contributed by atoms with Crippen LogP contribution in [-0.4, -0.2) is 19.9 Å². The fourth-order valence-corrected chi connectivity index (χ4v) is 10.0. The first-order valence-corrected chi connectivity index (χ1v) is 20.7. The normalized spacial score (nSPS) is 15.2. The second-order valence-corrected chi connectivity index (χ2v) is 16.1. The average Bonchev–Trinajstić information content (AvgIpc) is 3.87. The van der Waals surface area contributed by atoms with Crippen LogP contribution in [-0.2, 0) is 0 Å². The largest absolute Gasteiger partial charge is 0.460 e. The topological polar surface area (TPSA) is 64.7 Å². The second kappa shape index (κ2) is 13.3. The van der Waals surface area contributed by atoms with E-state index in [1.165, 1.54) is 37.2 Å². The van der Waals surface area contributed by atoms with Gasteiger partial charge in [-0.2, -0.15) is 0 Å². The minimum atomic E-state index is -0.114. The Kier molecular flexibility index (Phi) is 7.60. The summed E-state index contributed by atoms with van der Waals surface area (Å²) >= 11 is 1.77. The van der Waals surface area contributed by atoms with Gasteiger partial charge in [0, 0.05) is 48.5 Å². The fraction of sp³-hybridized carbons (Fsp3) is 0.0769. The van der Waals surface area contributed by atoms with E-state index in [-0.39, 0.29) is 5.92 Å². The van der Waals surface area contributed by atoms with Gasteiger partial charge in [-0.05, 0) is 58.7 Å². The van der Waals surface area contributed by atoms with Gasteiger partial charge in [0.1, 0.15) is 22.0 Å². The van der Waals surface area contributed by atoms with Crippen LogP contribution in [0.1, 0.15) is 48.2 Å². The van der Waals surface area contributed by atoms with Gasteiger partial charge in [0.05, 0.1) is 11.6 Å². The van der Waals surface area contributed by atoms with Gasteiger partial charge in [-0.1, -0.05) is 152 Å². The summed E-state index contributed by atoms with van der Waals surface area (Å²) < 4.78 is 7.75. The molecule has 0 radical (unpaired) electrons. The van der Waals surface area contributed by atoms with Crippen molar-refractivity contribution in [1.29, 1.82) is 0 Å². The van der Waals surface area contributed by atoms with Crippen LogP contribution in [0.25, 0.3) is 98.2 Å². The lowest BCUT2D eigenvalue weighted by atomic mass is 9.91. The number of furan rings is 1. The predicted octanol–water partition coefficient (Wildman–Crippen LogP) is 14.0. The van der Waals surface area contributed by atoms with E-state index in [4.69, 9.17) is 24.4 Å². The average molecular weight is 763 g/mol. The molecule has 4 heterocycles. The van der Waals surface area contributed by atoms with Crippen LogP contribution in [0, 0.1) is 0 Å². The summed E-state index contributed by atoms with van der Waals surface area (Å²) in [5.74, 6) is 2.89. The van der Waals surface area contributed by atoms with Crippen LogP contribution in [0.2, 0.25) is 0 Å². The minimum absolute atomic E-state index is 0.114. The smallest absolute Gasteiger partial charge is 0.163 e. The summed E-state index contributed by atoms with van der Waals surface area (Å²) in [6.45, 7) is 0. The first-order chi connectivity index (χ1) is 28.7. The van der Waals surface area contributed by atoms with E-state index in [2.05, 4.69) is 152 Å². The Labute approximate surface area is 338 Å². The van der Waals surface area contributed by atoms with Gasteiger partial charge in [0.25, 0.3) is 0 Å². The molecule has 58 heavy (non-hydrogen) atoms. The van der Waals surface area contributed by atoms with Gasteiger partial charge >= 0.3 is 0 Å². The maximum Gasteiger partial charge on any atom is 0.163 e. The van der Waals surface area contributed by atoms with E-state index in [0.717, 1.165) is 85.6 Å². The molecular weight excluding hydrogens is 729 g/mol. The Morgan fingerprint density at radius 3 is 2.05 bits per heavy atom. The zero-order valence-corrected chi connectivity index (χ0v) is 32.2.